The van der Waals surface area contributed by atoms with E-state index in [4.69, 9.17) is 9.47 Å². The molecule has 0 aliphatic carbocycles. The highest BCUT2D eigenvalue weighted by Crippen LogP contribution is 2.35. The van der Waals surface area contributed by atoms with Crippen LogP contribution in [0.1, 0.15) is 18.1 Å². The van der Waals surface area contributed by atoms with Gasteiger partial charge in [-0.25, -0.2) is 4.79 Å². The van der Waals surface area contributed by atoms with Gasteiger partial charge in [0, 0.05) is 18.3 Å². The molecule has 30 heavy (non-hydrogen) atoms. The molecule has 2 aromatic rings. The quantitative estimate of drug-likeness (QED) is 0.787. The van der Waals surface area contributed by atoms with Crippen molar-refractivity contribution in [2.75, 3.05) is 18.2 Å². The number of carbonyl (C=O) groups excluding carboxylic acids is 3. The predicted octanol–water partition coefficient (Wildman–Crippen LogP) is 2.06. The smallest absolute Gasteiger partial charge is 0.324 e. The third-order valence-electron chi connectivity index (χ3n) is 5.79. The summed E-state index contributed by atoms with van der Waals surface area (Å²) in [6.45, 7) is 2.17. The van der Waals surface area contributed by atoms with Crippen molar-refractivity contribution >= 4 is 23.5 Å². The summed E-state index contributed by atoms with van der Waals surface area (Å²) in [6, 6.07) is 12.4. The highest BCUT2D eigenvalue weighted by atomic mass is 16.7. The average Bonchev–Trinajstić information content (AvgIpc) is 3.33. The van der Waals surface area contributed by atoms with E-state index in [0.717, 1.165) is 28.1 Å². The number of para-hydroxylation sites is 1. The van der Waals surface area contributed by atoms with E-state index < -0.39 is 17.9 Å². The molecule has 8 nitrogen and oxygen atoms in total. The molecule has 3 aliphatic heterocycles. The summed E-state index contributed by atoms with van der Waals surface area (Å²) in [5.74, 6) is -0.521. The molecule has 2 atom stereocenters. The first-order chi connectivity index (χ1) is 14.5. The number of fused-ring (bicyclic) bond motifs is 2. The molecule has 8 heteroatoms. The molecule has 0 spiro atoms. The Labute approximate surface area is 173 Å². The van der Waals surface area contributed by atoms with Gasteiger partial charge in [0.05, 0.1) is 6.54 Å². The number of rotatable bonds is 3. The molecule has 1 saturated heterocycles. The third kappa shape index (κ3) is 2.96. The van der Waals surface area contributed by atoms with E-state index in [2.05, 4.69) is 5.32 Å². The molecule has 0 aromatic heterocycles. The van der Waals surface area contributed by atoms with Gasteiger partial charge in [0.25, 0.3) is 0 Å². The summed E-state index contributed by atoms with van der Waals surface area (Å²) in [5, 5.41) is 2.69. The lowest BCUT2D eigenvalue weighted by atomic mass is 10.0. The van der Waals surface area contributed by atoms with Crippen LogP contribution in [-0.2, 0) is 22.6 Å². The van der Waals surface area contributed by atoms with Gasteiger partial charge in [-0.15, -0.1) is 0 Å². The normalized spacial score (nSPS) is 22.2. The van der Waals surface area contributed by atoms with Gasteiger partial charge in [-0.05, 0) is 42.7 Å². The first-order valence-electron chi connectivity index (χ1n) is 9.91. The van der Waals surface area contributed by atoms with Crippen molar-refractivity contribution in [3.05, 3.63) is 53.6 Å². The molecule has 154 valence electrons. The average molecular weight is 407 g/mol. The Morgan fingerprint density at radius 3 is 2.80 bits per heavy atom. The number of urea groups is 1. The molecule has 2 aromatic carbocycles. The van der Waals surface area contributed by atoms with Gasteiger partial charge in [-0.3, -0.25) is 14.5 Å². The second kappa shape index (κ2) is 7.05. The number of anilines is 1. The van der Waals surface area contributed by atoms with Crippen molar-refractivity contribution in [3.8, 4) is 11.5 Å². The minimum atomic E-state index is -0.953. The zero-order valence-electron chi connectivity index (χ0n) is 16.5. The molecule has 5 rings (SSSR count). The number of nitrogens with zero attached hydrogens (tertiary/aromatic N) is 2. The summed E-state index contributed by atoms with van der Waals surface area (Å²) in [4.78, 5) is 41.7. The van der Waals surface area contributed by atoms with E-state index in [1.54, 1.807) is 23.1 Å². The molecule has 0 saturated carbocycles. The van der Waals surface area contributed by atoms with Crippen LogP contribution in [-0.4, -0.2) is 42.1 Å². The zero-order chi connectivity index (χ0) is 20.8. The Hall–Kier alpha value is -3.55. The zero-order valence-corrected chi connectivity index (χ0v) is 16.5. The Bertz CT molecular complexity index is 1050. The van der Waals surface area contributed by atoms with Crippen LogP contribution in [0.15, 0.2) is 42.5 Å². The van der Waals surface area contributed by atoms with E-state index in [-0.39, 0.29) is 31.8 Å². The van der Waals surface area contributed by atoms with Gasteiger partial charge in [-0.1, -0.05) is 24.3 Å². The fraction of sp³-hybridized carbons (Fsp3) is 0.318. The van der Waals surface area contributed by atoms with Crippen LogP contribution >= 0.6 is 0 Å². The number of hydrogen-bond acceptors (Lipinski definition) is 5. The van der Waals surface area contributed by atoms with Crippen molar-refractivity contribution in [2.24, 2.45) is 5.92 Å². The Kier molecular flexibility index (Phi) is 4.34. The number of imide groups is 1. The lowest BCUT2D eigenvalue weighted by Crippen LogP contribution is -2.59. The van der Waals surface area contributed by atoms with Gasteiger partial charge >= 0.3 is 6.03 Å². The molecule has 4 amide bonds. The van der Waals surface area contributed by atoms with Gasteiger partial charge in [0.2, 0.25) is 18.6 Å². The van der Waals surface area contributed by atoms with Crippen LogP contribution in [0, 0.1) is 5.92 Å². The largest absolute Gasteiger partial charge is 0.454 e. The van der Waals surface area contributed by atoms with Gasteiger partial charge in [0.15, 0.2) is 11.5 Å². The number of hydrogen-bond donors (Lipinski definition) is 1. The minimum Gasteiger partial charge on any atom is -0.454 e. The van der Waals surface area contributed by atoms with Gasteiger partial charge < -0.3 is 19.7 Å². The Balaban J connectivity index is 1.38. The van der Waals surface area contributed by atoms with E-state index in [0.29, 0.717) is 11.5 Å². The third-order valence-corrected chi connectivity index (χ3v) is 5.79. The Morgan fingerprint density at radius 2 is 1.93 bits per heavy atom. The topological polar surface area (TPSA) is 88.2 Å². The van der Waals surface area contributed by atoms with Crippen LogP contribution in [0.25, 0.3) is 0 Å². The number of carbonyl (C=O) groups is 3. The maximum atomic E-state index is 13.3. The lowest BCUT2D eigenvalue weighted by Gasteiger charge is -2.34. The molecule has 0 radical (unpaired) electrons. The summed E-state index contributed by atoms with van der Waals surface area (Å²) >= 11 is 0. The van der Waals surface area contributed by atoms with Crippen LogP contribution in [0.5, 0.6) is 11.5 Å². The monoisotopic (exact) mass is 407 g/mol. The minimum absolute atomic E-state index is 0.000470. The highest BCUT2D eigenvalue weighted by molar-refractivity contribution is 6.13. The summed E-state index contributed by atoms with van der Waals surface area (Å²) in [6.07, 6.45) is 0.746. The number of amides is 4. The molecule has 3 aliphatic rings. The SMILES string of the molecule is CC1Cc2ccccc2N1C(=O)C1CNC(=O)N(Cc2ccc3c(c2)OCO3)C1=O. The van der Waals surface area contributed by atoms with Crippen LogP contribution in [0.2, 0.25) is 0 Å². The molecule has 2 unspecified atom stereocenters. The van der Waals surface area contributed by atoms with Gasteiger partial charge in [0.1, 0.15) is 5.92 Å². The number of nitrogens with one attached hydrogen (secondary N) is 1. The summed E-state index contributed by atoms with van der Waals surface area (Å²) in [5.41, 5.74) is 2.64. The first-order valence-corrected chi connectivity index (χ1v) is 9.91. The molecular weight excluding hydrogens is 386 g/mol. The Morgan fingerprint density at radius 1 is 1.13 bits per heavy atom. The number of benzene rings is 2. The van der Waals surface area contributed by atoms with Crippen LogP contribution < -0.4 is 19.7 Å². The van der Waals surface area contributed by atoms with Crippen molar-refractivity contribution in [1.82, 2.24) is 10.2 Å². The van der Waals surface area contributed by atoms with E-state index in [9.17, 15) is 14.4 Å². The van der Waals surface area contributed by atoms with Crippen LogP contribution in [0.3, 0.4) is 0 Å². The highest BCUT2D eigenvalue weighted by Gasteiger charge is 2.43. The second-order valence-corrected chi connectivity index (χ2v) is 7.74. The fourth-order valence-corrected chi connectivity index (χ4v) is 4.29. The van der Waals surface area contributed by atoms with Crippen LogP contribution in [0.4, 0.5) is 10.5 Å². The first kappa shape index (κ1) is 18.5. The van der Waals surface area contributed by atoms with Crippen molar-refractivity contribution in [3.63, 3.8) is 0 Å². The fourth-order valence-electron chi connectivity index (χ4n) is 4.29. The van der Waals surface area contributed by atoms with Crippen molar-refractivity contribution in [1.29, 1.82) is 0 Å². The predicted molar refractivity (Wildman–Crippen MR) is 107 cm³/mol. The molecule has 0 bridgehead atoms. The number of ether oxygens (including phenoxy) is 2. The van der Waals surface area contributed by atoms with Crippen molar-refractivity contribution in [2.45, 2.75) is 25.9 Å². The molecule has 1 N–H and O–H groups in total. The van der Waals surface area contributed by atoms with E-state index in [1.165, 1.54) is 0 Å². The second-order valence-electron chi connectivity index (χ2n) is 7.74. The molecule has 3 heterocycles. The maximum absolute atomic E-state index is 13.3. The maximum Gasteiger partial charge on any atom is 0.324 e. The van der Waals surface area contributed by atoms with E-state index >= 15 is 0 Å². The van der Waals surface area contributed by atoms with Crippen molar-refractivity contribution < 1.29 is 23.9 Å². The summed E-state index contributed by atoms with van der Waals surface area (Å²) < 4.78 is 10.7. The lowest BCUT2D eigenvalue weighted by molar-refractivity contribution is -0.140. The summed E-state index contributed by atoms with van der Waals surface area (Å²) in [7, 11) is 0. The van der Waals surface area contributed by atoms with E-state index in [1.807, 2.05) is 31.2 Å². The standard InChI is InChI=1S/C22H21N3O5/c1-13-8-15-4-2-3-5-17(15)25(13)21(27)16-10-23-22(28)24(20(16)26)11-14-6-7-18-19(9-14)30-12-29-18/h2-7,9,13,16H,8,10-12H2,1H3,(H,23,28). The molecule has 1 fully saturated rings. The molecular formula is C22H21N3O5. The van der Waals surface area contributed by atoms with Gasteiger partial charge in [-0.2, -0.15) is 0 Å².